The Morgan fingerprint density at radius 2 is 1.61 bits per heavy atom. The van der Waals surface area contributed by atoms with Crippen molar-refractivity contribution in [2.24, 2.45) is 0 Å². The Hall–Kier alpha value is -1.69. The maximum Gasteiger partial charge on any atom is 0.242 e. The van der Waals surface area contributed by atoms with Crippen molar-refractivity contribution in [3.05, 3.63) is 64.1 Å². The van der Waals surface area contributed by atoms with Crippen LogP contribution in [0.3, 0.4) is 0 Å². The van der Waals surface area contributed by atoms with Gasteiger partial charge >= 0.3 is 0 Å². The second-order valence-electron chi connectivity index (χ2n) is 7.27. The van der Waals surface area contributed by atoms with Crippen LogP contribution < -0.4 is 5.32 Å². The molecule has 1 atom stereocenters. The third-order valence-electron chi connectivity index (χ3n) is 4.82. The number of nitrogens with zero attached hydrogens (tertiary/aromatic N) is 1. The van der Waals surface area contributed by atoms with Crippen molar-refractivity contribution in [2.75, 3.05) is 12.3 Å². The van der Waals surface area contributed by atoms with Crippen LogP contribution in [0.25, 0.3) is 0 Å². The molecule has 7 heteroatoms. The van der Waals surface area contributed by atoms with Crippen molar-refractivity contribution >= 4 is 46.8 Å². The summed E-state index contributed by atoms with van der Waals surface area (Å²) < 4.78 is 0. The third-order valence-corrected chi connectivity index (χ3v) is 6.42. The first-order chi connectivity index (χ1) is 14.9. The van der Waals surface area contributed by atoms with Crippen LogP contribution in [-0.4, -0.2) is 35.1 Å². The predicted octanol–water partition coefficient (Wildman–Crippen LogP) is 6.20. The highest BCUT2D eigenvalue weighted by Crippen LogP contribution is 2.22. The SMILES string of the molecule is CCCNC(=O)[C@H](CC)N(Cc1ccc(Cl)cc1)C(=O)CCCSc1ccc(Cl)cc1. The van der Waals surface area contributed by atoms with Gasteiger partial charge in [-0.25, -0.2) is 0 Å². The second kappa shape index (κ2) is 13.7. The van der Waals surface area contributed by atoms with E-state index < -0.39 is 6.04 Å². The van der Waals surface area contributed by atoms with E-state index in [2.05, 4.69) is 5.32 Å². The quantitative estimate of drug-likeness (QED) is 0.290. The van der Waals surface area contributed by atoms with Gasteiger partial charge in [0.1, 0.15) is 6.04 Å². The monoisotopic (exact) mass is 480 g/mol. The Labute approximate surface area is 199 Å². The minimum Gasteiger partial charge on any atom is -0.354 e. The van der Waals surface area contributed by atoms with E-state index in [-0.39, 0.29) is 11.8 Å². The number of nitrogens with one attached hydrogen (secondary N) is 1. The molecule has 168 valence electrons. The van der Waals surface area contributed by atoms with E-state index in [1.54, 1.807) is 28.8 Å². The largest absolute Gasteiger partial charge is 0.354 e. The summed E-state index contributed by atoms with van der Waals surface area (Å²) in [5.41, 5.74) is 0.954. The van der Waals surface area contributed by atoms with Crippen LogP contribution >= 0.6 is 35.0 Å². The molecule has 2 aromatic carbocycles. The van der Waals surface area contributed by atoms with Gasteiger partial charge in [-0.05, 0) is 67.0 Å². The number of hydrogen-bond acceptors (Lipinski definition) is 3. The Kier molecular flexibility index (Phi) is 11.3. The molecule has 0 aromatic heterocycles. The molecule has 0 aliphatic rings. The lowest BCUT2D eigenvalue weighted by Gasteiger charge is -2.30. The zero-order valence-electron chi connectivity index (χ0n) is 18.1. The molecule has 4 nitrogen and oxygen atoms in total. The van der Waals surface area contributed by atoms with Crippen molar-refractivity contribution in [2.45, 2.75) is 57.0 Å². The highest BCUT2D eigenvalue weighted by molar-refractivity contribution is 7.99. The Balaban J connectivity index is 2.02. The average molecular weight is 481 g/mol. The van der Waals surface area contributed by atoms with Crippen LogP contribution in [0.4, 0.5) is 0 Å². The number of carbonyl (C=O) groups is 2. The smallest absolute Gasteiger partial charge is 0.242 e. The predicted molar refractivity (Wildman–Crippen MR) is 131 cm³/mol. The van der Waals surface area contributed by atoms with Crippen molar-refractivity contribution in [1.29, 1.82) is 0 Å². The minimum absolute atomic E-state index is 0.00912. The number of rotatable bonds is 12. The van der Waals surface area contributed by atoms with Crippen LogP contribution in [0.15, 0.2) is 53.4 Å². The van der Waals surface area contributed by atoms with Gasteiger partial charge in [-0.15, -0.1) is 11.8 Å². The fourth-order valence-corrected chi connectivity index (χ4v) is 4.26. The second-order valence-corrected chi connectivity index (χ2v) is 9.31. The maximum atomic E-state index is 13.1. The van der Waals surface area contributed by atoms with Gasteiger partial charge in [0.2, 0.25) is 11.8 Å². The number of amides is 2. The molecular weight excluding hydrogens is 451 g/mol. The van der Waals surface area contributed by atoms with E-state index in [1.807, 2.05) is 50.2 Å². The van der Waals surface area contributed by atoms with E-state index in [0.717, 1.165) is 29.1 Å². The van der Waals surface area contributed by atoms with Crippen LogP contribution in [0.2, 0.25) is 10.0 Å². The highest BCUT2D eigenvalue weighted by Gasteiger charge is 2.28. The molecule has 0 heterocycles. The Morgan fingerprint density at radius 1 is 1.00 bits per heavy atom. The van der Waals surface area contributed by atoms with Crippen LogP contribution in [-0.2, 0) is 16.1 Å². The molecule has 0 spiro atoms. The molecule has 0 aliphatic carbocycles. The lowest BCUT2D eigenvalue weighted by Crippen LogP contribution is -2.49. The topological polar surface area (TPSA) is 49.4 Å². The minimum atomic E-state index is -0.487. The van der Waals surface area contributed by atoms with Crippen molar-refractivity contribution in [3.63, 3.8) is 0 Å². The fourth-order valence-electron chi connectivity index (χ4n) is 3.16. The molecule has 31 heavy (non-hydrogen) atoms. The first-order valence-corrected chi connectivity index (χ1v) is 12.4. The maximum absolute atomic E-state index is 13.1. The van der Waals surface area contributed by atoms with Gasteiger partial charge in [-0.3, -0.25) is 9.59 Å². The van der Waals surface area contributed by atoms with Gasteiger partial charge in [-0.2, -0.15) is 0 Å². The summed E-state index contributed by atoms with van der Waals surface area (Å²) in [6, 6.07) is 14.6. The van der Waals surface area contributed by atoms with Crippen LogP contribution in [0, 0.1) is 0 Å². The molecule has 1 N–H and O–H groups in total. The molecule has 0 saturated carbocycles. The molecule has 0 radical (unpaired) electrons. The number of halogens is 2. The normalized spacial score (nSPS) is 11.7. The van der Waals surface area contributed by atoms with Crippen molar-refractivity contribution in [3.8, 4) is 0 Å². The zero-order chi connectivity index (χ0) is 22.6. The first-order valence-electron chi connectivity index (χ1n) is 10.6. The van der Waals surface area contributed by atoms with Gasteiger partial charge < -0.3 is 10.2 Å². The van der Waals surface area contributed by atoms with Gasteiger partial charge in [0.15, 0.2) is 0 Å². The summed E-state index contributed by atoms with van der Waals surface area (Å²) in [6.45, 7) is 4.94. The van der Waals surface area contributed by atoms with Crippen LogP contribution in [0.1, 0.15) is 45.1 Å². The van der Waals surface area contributed by atoms with Gasteiger partial charge in [0, 0.05) is 34.5 Å². The first kappa shape index (κ1) is 25.6. The van der Waals surface area contributed by atoms with E-state index in [9.17, 15) is 9.59 Å². The van der Waals surface area contributed by atoms with Crippen molar-refractivity contribution < 1.29 is 9.59 Å². The summed E-state index contributed by atoms with van der Waals surface area (Å²) >= 11 is 13.6. The number of benzene rings is 2. The number of carbonyl (C=O) groups excluding carboxylic acids is 2. The van der Waals surface area contributed by atoms with Crippen molar-refractivity contribution in [1.82, 2.24) is 10.2 Å². The lowest BCUT2D eigenvalue weighted by atomic mass is 10.1. The summed E-state index contributed by atoms with van der Waals surface area (Å²) in [5.74, 6) is 0.716. The average Bonchev–Trinajstić information content (AvgIpc) is 2.77. The Morgan fingerprint density at radius 3 is 2.19 bits per heavy atom. The number of hydrogen-bond donors (Lipinski definition) is 1. The molecule has 0 fully saturated rings. The summed E-state index contributed by atoms with van der Waals surface area (Å²) in [4.78, 5) is 28.7. The molecule has 0 aliphatic heterocycles. The molecule has 2 amide bonds. The molecule has 2 aromatic rings. The number of thioether (sulfide) groups is 1. The molecule has 2 rings (SSSR count). The Bertz CT molecular complexity index is 828. The van der Waals surface area contributed by atoms with Gasteiger partial charge in [-0.1, -0.05) is 49.2 Å². The van der Waals surface area contributed by atoms with Gasteiger partial charge in [0.25, 0.3) is 0 Å². The molecular formula is C24H30Cl2N2O2S. The van der Waals surface area contributed by atoms with E-state index in [1.165, 1.54) is 0 Å². The standard InChI is InChI=1S/C24H30Cl2N2O2S/c1-3-15-27-24(30)22(4-2)28(17-18-7-9-19(25)10-8-18)23(29)6-5-16-31-21-13-11-20(26)12-14-21/h7-14,22H,3-6,15-17H2,1-2H3,(H,27,30)/t22-/m0/s1. The summed E-state index contributed by atoms with van der Waals surface area (Å²) in [5, 5.41) is 4.30. The summed E-state index contributed by atoms with van der Waals surface area (Å²) in [6.07, 6.45) is 2.55. The summed E-state index contributed by atoms with van der Waals surface area (Å²) in [7, 11) is 0. The fraction of sp³-hybridized carbons (Fsp3) is 0.417. The molecule has 0 unspecified atom stereocenters. The van der Waals surface area contributed by atoms with E-state index >= 15 is 0 Å². The van der Waals surface area contributed by atoms with Crippen LogP contribution in [0.5, 0.6) is 0 Å². The zero-order valence-corrected chi connectivity index (χ0v) is 20.4. The van der Waals surface area contributed by atoms with E-state index in [0.29, 0.717) is 36.0 Å². The third kappa shape index (κ3) is 8.76. The van der Waals surface area contributed by atoms with E-state index in [4.69, 9.17) is 23.2 Å². The lowest BCUT2D eigenvalue weighted by molar-refractivity contribution is -0.141. The van der Waals surface area contributed by atoms with Gasteiger partial charge in [0.05, 0.1) is 0 Å². The molecule has 0 saturated heterocycles. The highest BCUT2D eigenvalue weighted by atomic mass is 35.5. The molecule has 0 bridgehead atoms.